The molecule has 0 unspecified atom stereocenters. The van der Waals surface area contributed by atoms with Gasteiger partial charge in [0, 0.05) is 28.6 Å². The highest BCUT2D eigenvalue weighted by Gasteiger charge is 2.39. The Hall–Kier alpha value is -3.87. The van der Waals surface area contributed by atoms with E-state index in [9.17, 15) is 9.59 Å². The molecule has 0 fully saturated rings. The zero-order chi connectivity index (χ0) is 26.0. The van der Waals surface area contributed by atoms with E-state index < -0.39 is 16.9 Å². The van der Waals surface area contributed by atoms with E-state index in [2.05, 4.69) is 48.1 Å². The monoisotopic (exact) mass is 504 g/mol. The molecule has 5 rings (SSSR count). The van der Waals surface area contributed by atoms with Crippen molar-refractivity contribution in [3.8, 4) is 23.3 Å². The third-order valence-electron chi connectivity index (χ3n) is 6.66. The average Bonchev–Trinajstić information content (AvgIpc) is 3.21. The molecule has 0 radical (unpaired) electrons. The fourth-order valence-electron chi connectivity index (χ4n) is 4.76. The van der Waals surface area contributed by atoms with Crippen molar-refractivity contribution in [2.24, 2.45) is 0 Å². The summed E-state index contributed by atoms with van der Waals surface area (Å²) in [4.78, 5) is 29.6. The van der Waals surface area contributed by atoms with Crippen molar-refractivity contribution in [2.45, 2.75) is 45.6 Å². The van der Waals surface area contributed by atoms with Crippen molar-refractivity contribution in [2.75, 3.05) is 6.54 Å². The van der Waals surface area contributed by atoms with Crippen LogP contribution in [0.15, 0.2) is 39.9 Å². The van der Waals surface area contributed by atoms with Gasteiger partial charge in [-0.25, -0.2) is 4.79 Å². The van der Waals surface area contributed by atoms with Crippen LogP contribution < -0.4 is 21.3 Å². The molecule has 0 amide bonds. The van der Waals surface area contributed by atoms with Crippen LogP contribution in [0.3, 0.4) is 0 Å². The molecule has 0 aliphatic carbocycles. The normalized spacial score (nSPS) is 15.9. The van der Waals surface area contributed by atoms with Crippen LogP contribution in [0.5, 0.6) is 11.5 Å². The molecule has 1 aliphatic heterocycles. The van der Waals surface area contributed by atoms with Gasteiger partial charge in [0.15, 0.2) is 0 Å². The lowest BCUT2D eigenvalue weighted by Crippen LogP contribution is -2.50. The standard InChI is InChI=1S/C26H25ClN6O3/c1-13-8-14(33-24(35)31-23(34)19(11-28)32-33)9-17(27)21(13)36-15-6-7-18-16(10-15)20-22(30-18)26(4,5)29-12-25(20,2)3/h6-10,29-30H,12H2,1-5H3,(H,31,34,35). The van der Waals surface area contributed by atoms with Crippen molar-refractivity contribution < 1.29 is 4.74 Å². The highest BCUT2D eigenvalue weighted by molar-refractivity contribution is 6.32. The van der Waals surface area contributed by atoms with E-state index in [1.165, 1.54) is 17.3 Å². The molecule has 0 saturated carbocycles. The van der Waals surface area contributed by atoms with Crippen LogP contribution in [0.25, 0.3) is 16.6 Å². The number of aryl methyl sites for hydroxylation is 1. The maximum Gasteiger partial charge on any atom is 0.349 e. The minimum absolute atomic E-state index is 0.0733. The molecule has 10 heteroatoms. The Morgan fingerprint density at radius 2 is 1.89 bits per heavy atom. The van der Waals surface area contributed by atoms with Crippen molar-refractivity contribution in [3.63, 3.8) is 0 Å². The lowest BCUT2D eigenvalue weighted by atomic mass is 9.75. The average molecular weight is 505 g/mol. The second-order valence-electron chi connectivity index (χ2n) is 10.3. The molecule has 0 atom stereocenters. The van der Waals surface area contributed by atoms with Crippen molar-refractivity contribution in [1.82, 2.24) is 25.1 Å². The molecule has 2 aromatic carbocycles. The van der Waals surface area contributed by atoms with Crippen LogP contribution in [0.1, 0.15) is 50.2 Å². The van der Waals surface area contributed by atoms with Gasteiger partial charge in [0.05, 0.1) is 16.2 Å². The minimum Gasteiger partial charge on any atom is -0.456 e. The van der Waals surface area contributed by atoms with Crippen molar-refractivity contribution in [3.05, 3.63) is 78.7 Å². The van der Waals surface area contributed by atoms with E-state index in [1.807, 2.05) is 18.2 Å². The Labute approximate surface area is 211 Å². The molecule has 0 bridgehead atoms. The Morgan fingerprint density at radius 3 is 2.58 bits per heavy atom. The summed E-state index contributed by atoms with van der Waals surface area (Å²) in [6, 6.07) is 10.7. The number of halogens is 1. The van der Waals surface area contributed by atoms with Gasteiger partial charge in [0.2, 0.25) is 5.69 Å². The van der Waals surface area contributed by atoms with Gasteiger partial charge < -0.3 is 15.0 Å². The summed E-state index contributed by atoms with van der Waals surface area (Å²) in [7, 11) is 0. The SMILES string of the molecule is Cc1cc(-n2nc(C#N)c(=O)[nH]c2=O)cc(Cl)c1Oc1ccc2[nH]c3c(c2c1)C(C)(C)CNC3(C)C. The third kappa shape index (κ3) is 3.79. The Morgan fingerprint density at radius 1 is 1.14 bits per heavy atom. The number of hydrogen-bond acceptors (Lipinski definition) is 6. The highest BCUT2D eigenvalue weighted by Crippen LogP contribution is 2.43. The molecule has 3 N–H and O–H groups in total. The first kappa shape index (κ1) is 23.9. The Bertz CT molecular complexity index is 1680. The Balaban J connectivity index is 1.56. The van der Waals surface area contributed by atoms with E-state index in [0.717, 1.165) is 22.1 Å². The quantitative estimate of drug-likeness (QED) is 0.384. The predicted octanol–water partition coefficient (Wildman–Crippen LogP) is 4.14. The zero-order valence-corrected chi connectivity index (χ0v) is 21.3. The molecule has 0 spiro atoms. The maximum absolute atomic E-state index is 12.3. The number of hydrogen-bond donors (Lipinski definition) is 3. The number of H-pyrrole nitrogens is 2. The number of ether oxygens (including phenoxy) is 1. The fraction of sp³-hybridized carbons (Fsp3) is 0.308. The third-order valence-corrected chi connectivity index (χ3v) is 6.94. The summed E-state index contributed by atoms with van der Waals surface area (Å²) in [6.07, 6.45) is 0. The number of nitrogens with zero attached hydrogens (tertiary/aromatic N) is 3. The first-order valence-corrected chi connectivity index (χ1v) is 11.8. The number of rotatable bonds is 3. The Kier molecular flexibility index (Phi) is 5.36. The van der Waals surface area contributed by atoms with Gasteiger partial charge in [-0.3, -0.25) is 9.78 Å². The first-order valence-electron chi connectivity index (χ1n) is 11.4. The first-order chi connectivity index (χ1) is 16.9. The summed E-state index contributed by atoms with van der Waals surface area (Å²) in [5.74, 6) is 1.06. The van der Waals surface area contributed by atoms with Gasteiger partial charge >= 0.3 is 5.69 Å². The summed E-state index contributed by atoms with van der Waals surface area (Å²) >= 11 is 6.57. The maximum atomic E-state index is 12.3. The van der Waals surface area contributed by atoms with Crippen molar-refractivity contribution >= 4 is 22.5 Å². The van der Waals surface area contributed by atoms with Crippen molar-refractivity contribution in [1.29, 1.82) is 5.26 Å². The van der Waals surface area contributed by atoms with Gasteiger partial charge in [-0.2, -0.15) is 9.94 Å². The van der Waals surface area contributed by atoms with Gasteiger partial charge in [-0.1, -0.05) is 25.4 Å². The summed E-state index contributed by atoms with van der Waals surface area (Å²) in [5, 5.41) is 17.9. The predicted molar refractivity (Wildman–Crippen MR) is 137 cm³/mol. The van der Waals surface area contributed by atoms with E-state index in [1.54, 1.807) is 19.1 Å². The molecule has 36 heavy (non-hydrogen) atoms. The van der Waals surface area contributed by atoms with Crippen LogP contribution in [0, 0.1) is 18.3 Å². The topological polar surface area (TPSA) is 129 Å². The summed E-state index contributed by atoms with van der Waals surface area (Å²) in [5.41, 5.74) is 2.13. The lowest BCUT2D eigenvalue weighted by molar-refractivity contribution is 0.304. The number of nitrogens with one attached hydrogen (secondary N) is 3. The smallest absolute Gasteiger partial charge is 0.349 e. The molecular weight excluding hydrogens is 480 g/mol. The molecule has 0 saturated heterocycles. The summed E-state index contributed by atoms with van der Waals surface area (Å²) in [6.45, 7) is 11.4. The second-order valence-corrected chi connectivity index (χ2v) is 10.7. The molecular formula is C26H25ClN6O3. The van der Waals surface area contributed by atoms with Gasteiger partial charge in [-0.05, 0) is 62.2 Å². The minimum atomic E-state index is -0.841. The fourth-order valence-corrected chi connectivity index (χ4v) is 5.05. The second kappa shape index (κ2) is 8.08. The number of aromatic amines is 2. The van der Waals surface area contributed by atoms with Gasteiger partial charge in [0.25, 0.3) is 5.56 Å². The largest absolute Gasteiger partial charge is 0.456 e. The number of aromatic nitrogens is 4. The molecule has 4 aromatic rings. The number of benzene rings is 2. The molecule has 3 heterocycles. The zero-order valence-electron chi connectivity index (χ0n) is 20.5. The van der Waals surface area contributed by atoms with Gasteiger partial charge in [-0.15, -0.1) is 5.10 Å². The number of nitriles is 1. The summed E-state index contributed by atoms with van der Waals surface area (Å²) < 4.78 is 7.16. The lowest BCUT2D eigenvalue weighted by Gasteiger charge is -2.40. The van der Waals surface area contributed by atoms with Crippen LogP contribution in [-0.2, 0) is 11.0 Å². The molecule has 184 valence electrons. The van der Waals surface area contributed by atoms with Crippen LogP contribution in [-0.4, -0.2) is 26.3 Å². The van der Waals surface area contributed by atoms with Crippen LogP contribution >= 0.6 is 11.6 Å². The molecule has 9 nitrogen and oxygen atoms in total. The molecule has 1 aliphatic rings. The van der Waals surface area contributed by atoms with E-state index in [-0.39, 0.29) is 16.0 Å². The van der Waals surface area contributed by atoms with Crippen LogP contribution in [0.2, 0.25) is 5.02 Å². The van der Waals surface area contributed by atoms with E-state index in [0.29, 0.717) is 22.7 Å². The number of fused-ring (bicyclic) bond motifs is 3. The van der Waals surface area contributed by atoms with E-state index >= 15 is 0 Å². The molecule has 2 aromatic heterocycles. The van der Waals surface area contributed by atoms with E-state index in [4.69, 9.17) is 21.6 Å². The van der Waals surface area contributed by atoms with Gasteiger partial charge in [0.1, 0.15) is 17.6 Å². The van der Waals surface area contributed by atoms with Crippen LogP contribution in [0.4, 0.5) is 0 Å². The highest BCUT2D eigenvalue weighted by atomic mass is 35.5.